The summed E-state index contributed by atoms with van der Waals surface area (Å²) in [5, 5.41) is 129. The highest BCUT2D eigenvalue weighted by molar-refractivity contribution is 5.80. The number of aromatic amines is 3. The van der Waals surface area contributed by atoms with E-state index < -0.39 is 44.9 Å². The zero-order valence-corrected chi connectivity index (χ0v) is 77.0. The SMILES string of the molecule is CCC1=CC2C(C1)CC2(CC#N)C[N+](=O)[O-].CCC1=CC2C(C1)CC2(CC(=O)O)C[N+](=O)[O-].CCC1=CC2C(C1)CC2(CC(N)=NO)C[N+](=O)[O-].CCC1=CC2C(C1)CC2(CC(N)=O)C[N+](=O)[O-].CCC1=CC2C(C1)CC2(CNC(=O)OC(C)(C)C)Cc1nn[nH]n1.CCC1=CC2C(C1)CC2(Cc1nn[nH]n1)C[N+](=O)[O-].CCC1=CC2C(C1)CC2(Cc1noc(=O)[nH]1)C[N+](=O)[O-]. The molecule has 7 fully saturated rings. The van der Waals surface area contributed by atoms with E-state index in [1.165, 1.54) is 45.4 Å². The van der Waals surface area contributed by atoms with Gasteiger partial charge < -0.3 is 31.8 Å². The van der Waals surface area contributed by atoms with Crippen LogP contribution in [0.3, 0.4) is 0 Å². The number of alkyl carbamates (subject to hydrolysis) is 1. The van der Waals surface area contributed by atoms with Crippen LogP contribution in [0.5, 0.6) is 0 Å². The molecule has 3 aromatic heterocycles. The molecule has 41 heteroatoms. The number of carboxylic acid groups (broad SMARTS) is 1. The summed E-state index contributed by atoms with van der Waals surface area (Å²) in [5.41, 5.74) is 17.4. The minimum Gasteiger partial charge on any atom is -0.481 e. The maximum absolute atomic E-state index is 12.1. The second kappa shape index (κ2) is 41.6. The molecular weight excluding hydrogens is 1700 g/mol. The van der Waals surface area contributed by atoms with Crippen LogP contribution in [0, 0.1) is 193 Å². The molecule has 14 aliphatic carbocycles. The van der Waals surface area contributed by atoms with Gasteiger partial charge >= 0.3 is 17.8 Å². The number of amides is 2. The first-order valence-corrected chi connectivity index (χ1v) is 46.4. The molecule has 131 heavy (non-hydrogen) atoms. The lowest BCUT2D eigenvalue weighted by Crippen LogP contribution is -2.54. The van der Waals surface area contributed by atoms with E-state index in [0.29, 0.717) is 116 Å². The van der Waals surface area contributed by atoms with Gasteiger partial charge in [0.15, 0.2) is 17.5 Å². The minimum atomic E-state index is -0.927. The zero-order valence-electron chi connectivity index (χ0n) is 77.0. The van der Waals surface area contributed by atoms with Gasteiger partial charge in [-0.15, -0.1) is 20.4 Å². The Morgan fingerprint density at radius 1 is 0.496 bits per heavy atom. The van der Waals surface area contributed by atoms with Gasteiger partial charge in [0.1, 0.15) is 11.4 Å². The normalized spacial score (nSPS) is 33.0. The Kier molecular flexibility index (Phi) is 31.8. The molecule has 3 heterocycles. The summed E-state index contributed by atoms with van der Waals surface area (Å²) in [7, 11) is 0. The maximum Gasteiger partial charge on any atom is 0.438 e. The third kappa shape index (κ3) is 23.2. The van der Waals surface area contributed by atoms with Crippen molar-refractivity contribution in [2.45, 2.75) is 255 Å². The van der Waals surface area contributed by atoms with Crippen LogP contribution in [-0.4, -0.2) is 166 Å². The molecule has 7 saturated carbocycles. The fourth-order valence-electron chi connectivity index (χ4n) is 26.0. The van der Waals surface area contributed by atoms with Gasteiger partial charge in [-0.2, -0.15) is 15.7 Å². The molecule has 14 aliphatic rings. The van der Waals surface area contributed by atoms with Gasteiger partial charge in [0.05, 0.1) is 28.7 Å². The summed E-state index contributed by atoms with van der Waals surface area (Å²) in [4.78, 5) is 111. The number of nitriles is 1. The molecule has 716 valence electrons. The molecule has 0 saturated heterocycles. The number of nitrogens with one attached hydrogen (secondary N) is 4. The molecule has 0 aliphatic heterocycles. The number of oxime groups is 1. The van der Waals surface area contributed by atoms with Crippen LogP contribution in [0.4, 0.5) is 4.79 Å². The molecule has 0 spiro atoms. The molecule has 3 aromatic rings. The number of ether oxygens (including phenoxy) is 1. The standard InChI is InChI=1S/C17H27N5O2.C13H17N3O4.C12H17N5O2.C12H19N3O3.C12H18N2O3.C12H16N2O2.C12H17NO4/c1-5-11-6-12-8-17(13(12)7-11,9-14-19-21-22-20-14)10-18-15(23)24-16(2,3)4;1-2-8-3-9-5-13(7-16(18)19,10(9)4-8)6-11-14-12(17)20-15-11;1-2-8-3-9-5-12(7-17(18)19,10(9)4-8)6-11-13-15-16-14-11;1-2-8-3-9-5-12(7-15(17)18,10(9)4-8)6-11(13)14-16;1-2-8-3-9-5-12(6-11(13)15,7-14(16)17)10(9)4-8;1-2-9-5-10-7-12(3-4-13,8-14(15)16)11(10)6-9;1-2-8-3-9-5-12(6-11(14)15,7-13(16)17)10(9)4-8/h7,12-13H,5-6,8-10H2,1-4H3,(H,18,23)(H,19,20,21,22);4,9-10H,2-3,5-7H2,1H3,(H,14,15,17);4,9-10H,2-3,5-7H2,1H3,(H,13,14,15,16);4,9-10,16H,2-3,5-7H2,1H3,(H2,13,14);4,9-10H,2-3,5-7H2,1H3,(H2,13,15);6,10-11H,2-3,5,7-8H2,1H3;4,9-10H,2-3,5-7H2,1H3,(H,14,15). The van der Waals surface area contributed by atoms with Crippen LogP contribution in [0.15, 0.2) is 96.0 Å². The van der Waals surface area contributed by atoms with Crippen molar-refractivity contribution in [1.29, 1.82) is 5.26 Å². The van der Waals surface area contributed by atoms with Crippen LogP contribution in [0.25, 0.3) is 0 Å². The lowest BCUT2D eigenvalue weighted by molar-refractivity contribution is -0.506. The Hall–Kier alpha value is -11.4. The van der Waals surface area contributed by atoms with Crippen LogP contribution in [0.1, 0.15) is 247 Å². The Balaban J connectivity index is 0.000000148. The fourth-order valence-corrected chi connectivity index (χ4v) is 26.0. The highest BCUT2D eigenvalue weighted by Crippen LogP contribution is 2.66. The zero-order chi connectivity index (χ0) is 95.5. The first-order valence-electron chi connectivity index (χ1n) is 46.4. The number of amidine groups is 1. The largest absolute Gasteiger partial charge is 0.481 e. The quantitative estimate of drug-likeness (QED) is 0.00687. The van der Waals surface area contributed by atoms with Gasteiger partial charge in [-0.05, 0) is 238 Å². The number of allylic oxidation sites excluding steroid dienone is 14. The van der Waals surface area contributed by atoms with Crippen molar-refractivity contribution in [3.05, 3.63) is 170 Å². The van der Waals surface area contributed by atoms with E-state index >= 15 is 0 Å². The topological polar surface area (TPSA) is 628 Å². The number of carbonyl (C=O) groups is 3. The van der Waals surface area contributed by atoms with Gasteiger partial charge in [0.25, 0.3) is 0 Å². The first kappa shape index (κ1) is 100. The summed E-state index contributed by atoms with van der Waals surface area (Å²) in [5.74, 6) is 5.48. The molecule has 41 nitrogen and oxygen atoms in total. The van der Waals surface area contributed by atoms with Crippen molar-refractivity contribution in [2.75, 3.05) is 45.8 Å². The number of nitrogens with two attached hydrogens (primary N) is 2. The van der Waals surface area contributed by atoms with Gasteiger partial charge in [-0.1, -0.05) is 151 Å². The number of tetrazole rings is 2. The number of hydrogen-bond acceptors (Lipinski definition) is 28. The fraction of sp³-hybridized carbons (Fsp3) is 0.744. The number of nitrogens with zero attached hydrogens (tertiary/aromatic N) is 15. The highest BCUT2D eigenvalue weighted by Gasteiger charge is 2.64. The van der Waals surface area contributed by atoms with Crippen molar-refractivity contribution < 1.29 is 63.5 Å². The van der Waals surface area contributed by atoms with E-state index in [-0.39, 0.29) is 139 Å². The molecule has 17 rings (SSSR count). The van der Waals surface area contributed by atoms with Crippen molar-refractivity contribution in [3.63, 3.8) is 0 Å². The average molecular weight is 1830 g/mol. The van der Waals surface area contributed by atoms with E-state index in [9.17, 15) is 79.9 Å². The van der Waals surface area contributed by atoms with Crippen LogP contribution in [-0.2, 0) is 33.6 Å². The number of nitro groups is 6. The number of H-pyrrole nitrogens is 3. The summed E-state index contributed by atoms with van der Waals surface area (Å²) in [6.45, 7) is 20.5. The van der Waals surface area contributed by atoms with Gasteiger partial charge in [0.2, 0.25) is 45.2 Å². The Labute approximate surface area is 760 Å². The number of primary amides is 1. The summed E-state index contributed by atoms with van der Waals surface area (Å²) in [6.07, 6.45) is 38.0. The summed E-state index contributed by atoms with van der Waals surface area (Å²) < 4.78 is 9.87. The van der Waals surface area contributed by atoms with Crippen molar-refractivity contribution >= 4 is 23.8 Å². The molecule has 0 bridgehead atoms. The van der Waals surface area contributed by atoms with Gasteiger partial charge in [0, 0.05) is 96.3 Å². The average Bonchev–Trinajstić information content (AvgIpc) is 1.62. The number of carboxylic acids is 1. The number of carbonyl (C=O) groups excluding carboxylic acids is 2. The van der Waals surface area contributed by atoms with E-state index in [1.807, 2.05) is 20.8 Å². The monoisotopic (exact) mass is 1830 g/mol. The molecule has 10 N–H and O–H groups in total. The van der Waals surface area contributed by atoms with Crippen LogP contribution >= 0.6 is 0 Å². The smallest absolute Gasteiger partial charge is 0.438 e. The van der Waals surface area contributed by atoms with E-state index in [1.54, 1.807) is 0 Å². The van der Waals surface area contributed by atoms with Crippen LogP contribution < -0.4 is 22.5 Å². The predicted molar refractivity (Wildman–Crippen MR) is 475 cm³/mol. The summed E-state index contributed by atoms with van der Waals surface area (Å²) >= 11 is 0. The molecule has 0 aromatic carbocycles. The third-order valence-corrected chi connectivity index (χ3v) is 31.5. The van der Waals surface area contributed by atoms with Crippen molar-refractivity contribution in [3.8, 4) is 6.07 Å². The van der Waals surface area contributed by atoms with Gasteiger partial charge in [-0.3, -0.25) is 79.8 Å². The number of fused-ring (bicyclic) bond motifs is 7. The summed E-state index contributed by atoms with van der Waals surface area (Å²) in [6, 6.07) is 2.13. The minimum absolute atomic E-state index is 0.00377. The molecule has 0 radical (unpaired) electrons. The highest BCUT2D eigenvalue weighted by atomic mass is 16.6. The number of aliphatic carboxylic acids is 1. The Morgan fingerprint density at radius 3 is 1.10 bits per heavy atom. The number of rotatable bonds is 34. The lowest BCUT2D eigenvalue weighted by Gasteiger charge is -2.52. The van der Waals surface area contributed by atoms with E-state index in [0.717, 1.165) is 122 Å². The molecular formula is C90H131N21O20. The molecule has 21 atom stereocenters. The van der Waals surface area contributed by atoms with Crippen LogP contribution in [0.2, 0.25) is 0 Å². The Bertz CT molecular complexity index is 4930. The van der Waals surface area contributed by atoms with E-state index in [4.69, 9.17) is 31.8 Å². The lowest BCUT2D eigenvalue weighted by atomic mass is 9.53. The number of hydrogen-bond donors (Lipinski definition) is 8. The number of aromatic nitrogens is 10. The first-order chi connectivity index (χ1) is 62.0. The van der Waals surface area contributed by atoms with Gasteiger partial charge in [-0.25, -0.2) is 9.59 Å². The van der Waals surface area contributed by atoms with E-state index in [2.05, 4.69) is 163 Å². The molecule has 21 unspecified atom stereocenters. The maximum atomic E-state index is 12.1. The Morgan fingerprint density at radius 2 is 0.794 bits per heavy atom. The van der Waals surface area contributed by atoms with Crippen molar-refractivity contribution in [2.24, 2.45) is 137 Å². The molecule has 2 amide bonds. The predicted octanol–water partition coefficient (Wildman–Crippen LogP) is 13.5. The second-order valence-corrected chi connectivity index (χ2v) is 41.0. The second-order valence-electron chi connectivity index (χ2n) is 41.0. The van der Waals surface area contributed by atoms with Crippen molar-refractivity contribution in [1.82, 2.24) is 56.7 Å². The third-order valence-electron chi connectivity index (χ3n) is 31.5.